The summed E-state index contributed by atoms with van der Waals surface area (Å²) in [5.74, 6) is -0.369. The second kappa shape index (κ2) is 9.41. The van der Waals surface area contributed by atoms with Crippen LogP contribution in [0.4, 0.5) is 0 Å². The van der Waals surface area contributed by atoms with Gasteiger partial charge < -0.3 is 15.3 Å². The highest BCUT2D eigenvalue weighted by Crippen LogP contribution is 2.29. The first kappa shape index (κ1) is 20.1. The van der Waals surface area contributed by atoms with E-state index >= 15 is 0 Å². The number of rotatable bonds is 2. The summed E-state index contributed by atoms with van der Waals surface area (Å²) in [5, 5.41) is 30.5. The van der Waals surface area contributed by atoms with E-state index < -0.39 is 11.7 Å². The fourth-order valence-corrected chi connectivity index (χ4v) is 3.14. The second-order valence-corrected chi connectivity index (χ2v) is 7.34. The molecule has 0 radical (unpaired) electrons. The van der Waals surface area contributed by atoms with Crippen molar-refractivity contribution in [1.29, 1.82) is 0 Å². The predicted octanol–water partition coefficient (Wildman–Crippen LogP) is 3.90. The molecule has 0 aromatic heterocycles. The summed E-state index contributed by atoms with van der Waals surface area (Å²) in [5.41, 5.74) is 2.55. The Balaban J connectivity index is 3.01. The molecule has 0 heterocycles. The van der Waals surface area contributed by atoms with E-state index in [0.29, 0.717) is 6.42 Å². The molecule has 0 amide bonds. The van der Waals surface area contributed by atoms with E-state index in [1.54, 1.807) is 6.92 Å². The van der Waals surface area contributed by atoms with Crippen molar-refractivity contribution in [2.45, 2.75) is 77.9 Å². The number of hydrogen-bond acceptors (Lipinski definition) is 3. The zero-order valence-corrected chi connectivity index (χ0v) is 15.2. The van der Waals surface area contributed by atoms with E-state index in [0.717, 1.165) is 37.7 Å². The van der Waals surface area contributed by atoms with Gasteiger partial charge in [-0.1, -0.05) is 34.9 Å². The van der Waals surface area contributed by atoms with Crippen LogP contribution in [-0.4, -0.2) is 33.6 Å². The Hall–Kier alpha value is -0.900. The highest BCUT2D eigenvalue weighted by atomic mass is 16.3. The van der Waals surface area contributed by atoms with Gasteiger partial charge in [0.05, 0.1) is 18.3 Å². The zero-order valence-electron chi connectivity index (χ0n) is 15.2. The van der Waals surface area contributed by atoms with Gasteiger partial charge in [0.2, 0.25) is 0 Å². The van der Waals surface area contributed by atoms with Crippen LogP contribution >= 0.6 is 0 Å². The largest absolute Gasteiger partial charge is 0.393 e. The summed E-state index contributed by atoms with van der Waals surface area (Å²) in [4.78, 5) is 0. The summed E-state index contributed by atoms with van der Waals surface area (Å²) in [6.07, 6.45) is 11.1. The zero-order chi connectivity index (χ0) is 17.5. The maximum atomic E-state index is 10.6. The Labute approximate surface area is 141 Å². The number of allylic oxidation sites excluding steroid dienone is 5. The topological polar surface area (TPSA) is 60.7 Å². The molecule has 3 nitrogen and oxygen atoms in total. The molecule has 3 atom stereocenters. The van der Waals surface area contributed by atoms with Crippen molar-refractivity contribution in [2.24, 2.45) is 5.92 Å². The highest BCUT2D eigenvalue weighted by Gasteiger charge is 2.35. The van der Waals surface area contributed by atoms with E-state index in [9.17, 15) is 15.3 Å². The van der Waals surface area contributed by atoms with Crippen molar-refractivity contribution in [3.63, 3.8) is 0 Å². The molecule has 1 aliphatic carbocycles. The van der Waals surface area contributed by atoms with Gasteiger partial charge in [-0.05, 0) is 66.2 Å². The molecule has 23 heavy (non-hydrogen) atoms. The van der Waals surface area contributed by atoms with Crippen molar-refractivity contribution in [3.05, 3.63) is 34.9 Å². The van der Waals surface area contributed by atoms with Crippen LogP contribution in [0, 0.1) is 5.92 Å². The third-order valence-electron chi connectivity index (χ3n) is 4.90. The van der Waals surface area contributed by atoms with Gasteiger partial charge in [0.15, 0.2) is 0 Å². The van der Waals surface area contributed by atoms with Crippen LogP contribution in [0.2, 0.25) is 0 Å². The van der Waals surface area contributed by atoms with Gasteiger partial charge in [0.25, 0.3) is 0 Å². The lowest BCUT2D eigenvalue weighted by atomic mass is 9.80. The van der Waals surface area contributed by atoms with Crippen LogP contribution in [0.5, 0.6) is 0 Å². The molecule has 1 aliphatic rings. The van der Waals surface area contributed by atoms with Crippen molar-refractivity contribution >= 4 is 0 Å². The predicted molar refractivity (Wildman–Crippen MR) is 96.2 cm³/mol. The lowest BCUT2D eigenvalue weighted by Gasteiger charge is -2.34. The lowest BCUT2D eigenvalue weighted by molar-refractivity contribution is -0.0809. The van der Waals surface area contributed by atoms with Gasteiger partial charge in [-0.15, -0.1) is 0 Å². The summed E-state index contributed by atoms with van der Waals surface area (Å²) < 4.78 is 0. The lowest BCUT2D eigenvalue weighted by Crippen LogP contribution is -2.44. The molecule has 0 aromatic rings. The first-order valence-electron chi connectivity index (χ1n) is 8.76. The third-order valence-corrected chi connectivity index (χ3v) is 4.90. The minimum Gasteiger partial charge on any atom is -0.393 e. The molecule has 1 rings (SSSR count). The molecule has 0 fully saturated rings. The van der Waals surface area contributed by atoms with Gasteiger partial charge in [0.1, 0.15) is 0 Å². The molecule has 0 saturated heterocycles. The molecule has 132 valence electrons. The normalized spacial score (nSPS) is 28.0. The van der Waals surface area contributed by atoms with Crippen LogP contribution in [-0.2, 0) is 0 Å². The van der Waals surface area contributed by atoms with Crippen LogP contribution in [0.3, 0.4) is 0 Å². The maximum absolute atomic E-state index is 10.6. The number of hydrogen-bond donors (Lipinski definition) is 3. The Morgan fingerprint density at radius 3 is 2.09 bits per heavy atom. The minimum atomic E-state index is -1.27. The average Bonchev–Trinajstić information content (AvgIpc) is 2.46. The van der Waals surface area contributed by atoms with E-state index in [4.69, 9.17) is 0 Å². The van der Waals surface area contributed by atoms with Crippen molar-refractivity contribution in [3.8, 4) is 0 Å². The SMILES string of the molecule is CC1=CCCC(C)=CC(O)C(C(C)(O)CO)CCC(C)=CCC1. The van der Waals surface area contributed by atoms with Gasteiger partial charge in [-0.25, -0.2) is 0 Å². The molecule has 0 aromatic carbocycles. The van der Waals surface area contributed by atoms with Crippen LogP contribution in [0.15, 0.2) is 34.9 Å². The Kier molecular flexibility index (Phi) is 8.24. The van der Waals surface area contributed by atoms with Gasteiger partial charge >= 0.3 is 0 Å². The summed E-state index contributed by atoms with van der Waals surface area (Å²) in [6.45, 7) is 7.57. The fourth-order valence-electron chi connectivity index (χ4n) is 3.14. The van der Waals surface area contributed by atoms with Gasteiger partial charge in [-0.3, -0.25) is 0 Å². The summed E-state index contributed by atoms with van der Waals surface area (Å²) >= 11 is 0. The Morgan fingerprint density at radius 2 is 1.52 bits per heavy atom. The smallest absolute Gasteiger partial charge is 0.0905 e. The molecule has 3 unspecified atom stereocenters. The first-order chi connectivity index (χ1) is 10.8. The van der Waals surface area contributed by atoms with E-state index in [-0.39, 0.29) is 12.5 Å². The second-order valence-electron chi connectivity index (χ2n) is 7.34. The molecule has 0 saturated carbocycles. The third kappa shape index (κ3) is 7.03. The molecule has 3 N–H and O–H groups in total. The fraction of sp³-hybridized carbons (Fsp3) is 0.700. The van der Waals surface area contributed by atoms with Gasteiger partial charge in [0, 0.05) is 5.92 Å². The van der Waals surface area contributed by atoms with Crippen LogP contribution in [0.25, 0.3) is 0 Å². The van der Waals surface area contributed by atoms with E-state index in [1.165, 1.54) is 11.1 Å². The number of aliphatic hydroxyl groups excluding tert-OH is 2. The standard InChI is InChI=1S/C20H34O3/c1-15-7-5-9-16(2)11-12-18(20(4,23)14-21)19(22)13-17(3)10-6-8-15/h8-9,13,18-19,21-23H,5-7,10-12,14H2,1-4H3. The summed E-state index contributed by atoms with van der Waals surface area (Å²) in [6, 6.07) is 0. The average molecular weight is 322 g/mol. The van der Waals surface area contributed by atoms with E-state index in [1.807, 2.05) is 13.0 Å². The molecule has 3 heteroatoms. The van der Waals surface area contributed by atoms with Crippen molar-refractivity contribution in [1.82, 2.24) is 0 Å². The number of aliphatic hydroxyl groups is 3. The van der Waals surface area contributed by atoms with Crippen LogP contribution < -0.4 is 0 Å². The minimum absolute atomic E-state index is 0.341. The Morgan fingerprint density at radius 1 is 1.00 bits per heavy atom. The molecular formula is C20H34O3. The molecule has 0 bridgehead atoms. The van der Waals surface area contributed by atoms with Crippen LogP contribution in [0.1, 0.15) is 66.2 Å². The van der Waals surface area contributed by atoms with Gasteiger partial charge in [-0.2, -0.15) is 0 Å². The molecule has 0 spiro atoms. The quantitative estimate of drug-likeness (QED) is 0.676. The summed E-state index contributed by atoms with van der Waals surface area (Å²) in [7, 11) is 0. The van der Waals surface area contributed by atoms with Crippen molar-refractivity contribution in [2.75, 3.05) is 6.61 Å². The molecule has 0 aliphatic heterocycles. The monoisotopic (exact) mass is 322 g/mol. The van der Waals surface area contributed by atoms with Crippen molar-refractivity contribution < 1.29 is 15.3 Å². The highest BCUT2D eigenvalue weighted by molar-refractivity contribution is 5.10. The first-order valence-corrected chi connectivity index (χ1v) is 8.76. The Bertz CT molecular complexity index is 458. The van der Waals surface area contributed by atoms with E-state index in [2.05, 4.69) is 26.0 Å². The molecular weight excluding hydrogens is 288 g/mol. The maximum Gasteiger partial charge on any atom is 0.0905 e.